The first kappa shape index (κ1) is 23.1. The Morgan fingerprint density at radius 1 is 1.09 bits per heavy atom. The van der Waals surface area contributed by atoms with E-state index in [2.05, 4.69) is 72.2 Å². The number of unbranched alkanes of at least 4 members (excludes halogenated alkanes) is 2. The van der Waals surface area contributed by atoms with Gasteiger partial charge in [-0.15, -0.1) is 0 Å². The third-order valence-corrected chi connectivity index (χ3v) is 6.84. The van der Waals surface area contributed by atoms with Gasteiger partial charge in [0, 0.05) is 31.6 Å². The van der Waals surface area contributed by atoms with E-state index >= 15 is 0 Å². The summed E-state index contributed by atoms with van der Waals surface area (Å²) in [6, 6.07) is 17.4. The number of alkyl halides is 1. The van der Waals surface area contributed by atoms with E-state index < -0.39 is 0 Å². The fourth-order valence-electron chi connectivity index (χ4n) is 4.67. The first-order chi connectivity index (χ1) is 15.7. The molecule has 0 N–H and O–H groups in total. The summed E-state index contributed by atoms with van der Waals surface area (Å²) < 4.78 is 5.70. The van der Waals surface area contributed by atoms with Gasteiger partial charge in [0.2, 0.25) is 0 Å². The lowest BCUT2D eigenvalue weighted by molar-refractivity contribution is 0.190. The van der Waals surface area contributed by atoms with Crippen LogP contribution < -0.4 is 4.74 Å². The molecule has 0 radical (unpaired) electrons. The maximum absolute atomic E-state index is 6.88. The molecule has 2 unspecified atom stereocenters. The standard InChI is InChI=1S/C27H36ClN3O/c1-3-5-15-30(19-21-12-13-25-23(18-21)14-17-32-25)20-24-26(28)29-27(31(24)16-6-4-2)22-10-8-7-9-11-22/h7-13,18,24,26H,3-6,14-17,19-20H2,1-2H3. The normalized spacial score (nSPS) is 19.9. The summed E-state index contributed by atoms with van der Waals surface area (Å²) in [4.78, 5) is 9.96. The average molecular weight is 454 g/mol. The molecule has 0 saturated carbocycles. The number of fused-ring (bicyclic) bond motifs is 1. The molecule has 0 aromatic heterocycles. The number of nitrogens with zero attached hydrogens (tertiary/aromatic N) is 3. The maximum Gasteiger partial charge on any atom is 0.147 e. The van der Waals surface area contributed by atoms with Crippen LogP contribution in [-0.2, 0) is 13.0 Å². The van der Waals surface area contributed by atoms with E-state index in [1.807, 2.05) is 0 Å². The van der Waals surface area contributed by atoms with Gasteiger partial charge in [-0.3, -0.25) is 4.90 Å². The number of hydrogen-bond donors (Lipinski definition) is 0. The minimum Gasteiger partial charge on any atom is -0.493 e. The van der Waals surface area contributed by atoms with Crippen LogP contribution in [0.3, 0.4) is 0 Å². The van der Waals surface area contributed by atoms with Gasteiger partial charge in [0.25, 0.3) is 0 Å². The molecule has 0 spiro atoms. The molecule has 0 saturated heterocycles. The second-order valence-corrected chi connectivity index (χ2v) is 9.38. The number of halogens is 1. The first-order valence-electron chi connectivity index (χ1n) is 12.2. The summed E-state index contributed by atoms with van der Waals surface area (Å²) in [7, 11) is 0. The van der Waals surface area contributed by atoms with Crippen molar-refractivity contribution in [2.45, 2.75) is 64.0 Å². The van der Waals surface area contributed by atoms with Crippen LogP contribution in [-0.4, -0.2) is 53.4 Å². The van der Waals surface area contributed by atoms with Crippen LogP contribution in [0.25, 0.3) is 0 Å². The highest BCUT2D eigenvalue weighted by Crippen LogP contribution is 2.29. The van der Waals surface area contributed by atoms with Gasteiger partial charge in [-0.25, -0.2) is 4.99 Å². The Hall–Kier alpha value is -2.04. The van der Waals surface area contributed by atoms with Crippen LogP contribution in [0.2, 0.25) is 0 Å². The zero-order chi connectivity index (χ0) is 22.3. The highest BCUT2D eigenvalue weighted by molar-refractivity contribution is 6.23. The molecule has 0 aliphatic carbocycles. The fraction of sp³-hybridized carbons (Fsp3) is 0.519. The van der Waals surface area contributed by atoms with Crippen molar-refractivity contribution in [3.05, 3.63) is 65.2 Å². The lowest BCUT2D eigenvalue weighted by Gasteiger charge is -2.34. The Balaban J connectivity index is 1.51. The molecule has 32 heavy (non-hydrogen) atoms. The number of ether oxygens (including phenoxy) is 1. The van der Waals surface area contributed by atoms with E-state index in [9.17, 15) is 0 Å². The van der Waals surface area contributed by atoms with E-state index in [4.69, 9.17) is 21.3 Å². The molecule has 2 aliphatic heterocycles. The summed E-state index contributed by atoms with van der Waals surface area (Å²) in [6.07, 6.45) is 5.70. The van der Waals surface area contributed by atoms with Crippen LogP contribution in [0.5, 0.6) is 5.75 Å². The molecular formula is C27H36ClN3O. The van der Waals surface area contributed by atoms with Crippen molar-refractivity contribution >= 4 is 17.4 Å². The highest BCUT2D eigenvalue weighted by atomic mass is 35.5. The molecule has 2 atom stereocenters. The smallest absolute Gasteiger partial charge is 0.147 e. The molecule has 2 aliphatic rings. The predicted molar refractivity (Wildman–Crippen MR) is 134 cm³/mol. The lowest BCUT2D eigenvalue weighted by atomic mass is 10.1. The quantitative estimate of drug-likeness (QED) is 0.321. The van der Waals surface area contributed by atoms with Crippen LogP contribution in [0, 0.1) is 0 Å². The van der Waals surface area contributed by atoms with Crippen LogP contribution in [0.4, 0.5) is 0 Å². The van der Waals surface area contributed by atoms with Gasteiger partial charge in [0.15, 0.2) is 0 Å². The SMILES string of the molecule is CCCCN(Cc1ccc2c(c1)CCO2)CC1C(Cl)N=C(c2ccccc2)N1CCCC. The van der Waals surface area contributed by atoms with Gasteiger partial charge in [-0.2, -0.15) is 0 Å². The Bertz CT molecular complexity index is 901. The number of benzene rings is 2. The van der Waals surface area contributed by atoms with Crippen molar-refractivity contribution in [2.24, 2.45) is 4.99 Å². The van der Waals surface area contributed by atoms with Gasteiger partial charge in [-0.1, -0.05) is 80.8 Å². The third kappa shape index (κ3) is 5.47. The van der Waals surface area contributed by atoms with Crippen LogP contribution in [0.15, 0.2) is 53.5 Å². The number of rotatable bonds is 11. The Kier molecular flexibility index (Phi) is 8.10. The van der Waals surface area contributed by atoms with Gasteiger partial charge >= 0.3 is 0 Å². The van der Waals surface area contributed by atoms with Crippen molar-refractivity contribution < 1.29 is 4.74 Å². The minimum atomic E-state index is -0.223. The molecular weight excluding hydrogens is 418 g/mol. The molecule has 0 bridgehead atoms. The fourth-order valence-corrected chi connectivity index (χ4v) is 4.98. The first-order valence-corrected chi connectivity index (χ1v) is 12.6. The zero-order valence-corrected chi connectivity index (χ0v) is 20.2. The minimum absolute atomic E-state index is 0.188. The van der Waals surface area contributed by atoms with E-state index in [1.54, 1.807) is 0 Å². The third-order valence-electron chi connectivity index (χ3n) is 6.45. The van der Waals surface area contributed by atoms with E-state index in [0.29, 0.717) is 0 Å². The lowest BCUT2D eigenvalue weighted by Crippen LogP contribution is -2.47. The summed E-state index contributed by atoms with van der Waals surface area (Å²) >= 11 is 6.88. The summed E-state index contributed by atoms with van der Waals surface area (Å²) in [5.41, 5.74) is 3.64. The molecule has 0 amide bonds. The van der Waals surface area contributed by atoms with E-state index in [-0.39, 0.29) is 11.5 Å². The predicted octanol–water partition coefficient (Wildman–Crippen LogP) is 5.72. The van der Waals surface area contributed by atoms with Gasteiger partial charge < -0.3 is 9.64 Å². The molecule has 4 nitrogen and oxygen atoms in total. The zero-order valence-electron chi connectivity index (χ0n) is 19.5. The molecule has 2 aromatic carbocycles. The van der Waals surface area contributed by atoms with Gasteiger partial charge in [0.1, 0.15) is 17.1 Å². The van der Waals surface area contributed by atoms with Gasteiger partial charge in [0.05, 0.1) is 12.6 Å². The number of hydrogen-bond acceptors (Lipinski definition) is 4. The highest BCUT2D eigenvalue weighted by Gasteiger charge is 2.36. The Morgan fingerprint density at radius 2 is 1.91 bits per heavy atom. The monoisotopic (exact) mass is 453 g/mol. The summed E-state index contributed by atoms with van der Waals surface area (Å²) in [5.74, 6) is 2.10. The maximum atomic E-state index is 6.88. The summed E-state index contributed by atoms with van der Waals surface area (Å²) in [6.45, 7) is 9.24. The largest absolute Gasteiger partial charge is 0.493 e. The van der Waals surface area contributed by atoms with Crippen molar-refractivity contribution in [2.75, 3.05) is 26.2 Å². The van der Waals surface area contributed by atoms with E-state index in [0.717, 1.165) is 69.2 Å². The van der Waals surface area contributed by atoms with Gasteiger partial charge in [-0.05, 0) is 36.6 Å². The second kappa shape index (κ2) is 11.2. The summed E-state index contributed by atoms with van der Waals surface area (Å²) in [5, 5.41) is 0. The molecule has 5 heteroatoms. The van der Waals surface area contributed by atoms with Crippen molar-refractivity contribution in [1.29, 1.82) is 0 Å². The van der Waals surface area contributed by atoms with Crippen molar-refractivity contribution in [3.63, 3.8) is 0 Å². The average Bonchev–Trinajstić information content (AvgIpc) is 3.40. The topological polar surface area (TPSA) is 28.1 Å². The second-order valence-electron chi connectivity index (χ2n) is 8.93. The number of amidine groups is 1. The molecule has 2 heterocycles. The molecule has 0 fully saturated rings. The molecule has 4 rings (SSSR count). The van der Waals surface area contributed by atoms with E-state index in [1.165, 1.54) is 24.0 Å². The Labute approximate surface area is 198 Å². The Morgan fingerprint density at radius 3 is 2.69 bits per heavy atom. The van der Waals surface area contributed by atoms with Crippen LogP contribution in [0.1, 0.15) is 56.2 Å². The molecule has 2 aromatic rings. The van der Waals surface area contributed by atoms with Crippen LogP contribution >= 0.6 is 11.6 Å². The van der Waals surface area contributed by atoms with Crippen molar-refractivity contribution in [1.82, 2.24) is 9.80 Å². The van der Waals surface area contributed by atoms with Crippen molar-refractivity contribution in [3.8, 4) is 5.75 Å². The molecule has 172 valence electrons. The number of aliphatic imine (C=N–C) groups is 1.